The number of allylic oxidation sites excluding steroid dienone is 3. The van der Waals surface area contributed by atoms with Crippen LogP contribution < -0.4 is 15.8 Å². The second-order valence-electron chi connectivity index (χ2n) is 9.69. The van der Waals surface area contributed by atoms with E-state index in [4.69, 9.17) is 15.2 Å². The molecular formula is C27H24F3N3O4. The fourth-order valence-electron chi connectivity index (χ4n) is 4.52. The van der Waals surface area contributed by atoms with Crippen LogP contribution in [0, 0.1) is 16.7 Å². The second-order valence-corrected chi connectivity index (χ2v) is 9.69. The minimum absolute atomic E-state index is 0.0168. The summed E-state index contributed by atoms with van der Waals surface area (Å²) in [5.74, 6) is -0.904. The molecule has 4 rings (SSSR count). The third-order valence-corrected chi connectivity index (χ3v) is 6.11. The summed E-state index contributed by atoms with van der Waals surface area (Å²) in [6.45, 7) is 3.43. The van der Waals surface area contributed by atoms with Crippen molar-refractivity contribution in [3.05, 3.63) is 82.4 Å². The number of anilines is 1. The molecule has 1 aliphatic heterocycles. The highest BCUT2D eigenvalue weighted by molar-refractivity contribution is 6.00. The van der Waals surface area contributed by atoms with E-state index < -0.39 is 30.2 Å². The number of carbonyl (C=O) groups is 2. The van der Waals surface area contributed by atoms with Crippen LogP contribution in [-0.2, 0) is 20.5 Å². The lowest BCUT2D eigenvalue weighted by molar-refractivity contribution is -0.137. The molecule has 2 aromatic rings. The Bertz CT molecular complexity index is 1370. The summed E-state index contributed by atoms with van der Waals surface area (Å²) in [6.07, 6.45) is -3.77. The van der Waals surface area contributed by atoms with Gasteiger partial charge in [-0.1, -0.05) is 32.0 Å². The van der Waals surface area contributed by atoms with Crippen molar-refractivity contribution in [3.8, 4) is 11.8 Å². The van der Waals surface area contributed by atoms with Gasteiger partial charge in [-0.25, -0.2) is 0 Å². The van der Waals surface area contributed by atoms with Crippen molar-refractivity contribution < 1.29 is 32.2 Å². The molecule has 192 valence electrons. The molecule has 1 unspecified atom stereocenters. The van der Waals surface area contributed by atoms with Crippen molar-refractivity contribution in [2.75, 3.05) is 11.9 Å². The van der Waals surface area contributed by atoms with Crippen LogP contribution in [0.5, 0.6) is 5.75 Å². The number of ether oxygens (including phenoxy) is 2. The average Bonchev–Trinajstić information content (AvgIpc) is 2.81. The number of amides is 1. The van der Waals surface area contributed by atoms with Gasteiger partial charge < -0.3 is 20.5 Å². The Labute approximate surface area is 211 Å². The molecule has 0 aromatic heterocycles. The van der Waals surface area contributed by atoms with Gasteiger partial charge in [0.05, 0.1) is 11.5 Å². The predicted molar refractivity (Wildman–Crippen MR) is 128 cm³/mol. The minimum Gasteiger partial charge on any atom is -0.484 e. The number of nitrogens with two attached hydrogens (primary N) is 1. The Morgan fingerprint density at radius 1 is 1.22 bits per heavy atom. The first-order valence-corrected chi connectivity index (χ1v) is 11.4. The molecule has 0 radical (unpaired) electrons. The molecule has 1 aliphatic carbocycles. The van der Waals surface area contributed by atoms with Crippen LogP contribution in [0.4, 0.5) is 18.9 Å². The van der Waals surface area contributed by atoms with Crippen LogP contribution in [0.25, 0.3) is 0 Å². The quantitative estimate of drug-likeness (QED) is 0.572. The Hall–Kier alpha value is -4.26. The van der Waals surface area contributed by atoms with E-state index >= 15 is 0 Å². The minimum atomic E-state index is -4.53. The molecule has 10 heteroatoms. The largest absolute Gasteiger partial charge is 0.484 e. The monoisotopic (exact) mass is 511 g/mol. The zero-order valence-corrected chi connectivity index (χ0v) is 20.1. The van der Waals surface area contributed by atoms with Crippen LogP contribution >= 0.6 is 0 Å². The molecule has 2 aromatic carbocycles. The van der Waals surface area contributed by atoms with Crippen LogP contribution in [0.15, 0.2) is 71.3 Å². The normalized spacial score (nSPS) is 19.0. The van der Waals surface area contributed by atoms with Gasteiger partial charge in [0, 0.05) is 24.1 Å². The van der Waals surface area contributed by atoms with Gasteiger partial charge in [0.2, 0.25) is 5.88 Å². The van der Waals surface area contributed by atoms with Crippen molar-refractivity contribution in [1.29, 1.82) is 5.26 Å². The number of hydrogen-bond donors (Lipinski definition) is 2. The van der Waals surface area contributed by atoms with Gasteiger partial charge in [-0.2, -0.15) is 18.4 Å². The van der Waals surface area contributed by atoms with Gasteiger partial charge in [0.25, 0.3) is 5.91 Å². The number of nitrogens with one attached hydrogen (secondary N) is 1. The van der Waals surface area contributed by atoms with E-state index in [0.29, 0.717) is 23.3 Å². The molecule has 0 spiro atoms. The molecule has 37 heavy (non-hydrogen) atoms. The Balaban J connectivity index is 1.53. The van der Waals surface area contributed by atoms with Crippen molar-refractivity contribution in [1.82, 2.24) is 0 Å². The lowest BCUT2D eigenvalue weighted by atomic mass is 9.70. The molecule has 2 aliphatic rings. The SMILES string of the molecule is CC1(C)CC(=O)C2=C(C1)OC(N)=C(C#N)C2c1cccc(OCC(=O)Nc2cccc(C(F)(F)F)c2)c1. The van der Waals surface area contributed by atoms with Crippen molar-refractivity contribution in [2.45, 2.75) is 38.8 Å². The maximum Gasteiger partial charge on any atom is 0.416 e. The first-order valence-electron chi connectivity index (χ1n) is 11.4. The van der Waals surface area contributed by atoms with E-state index in [0.717, 1.165) is 12.1 Å². The number of nitrogens with zero attached hydrogens (tertiary/aromatic N) is 1. The Morgan fingerprint density at radius 2 is 1.95 bits per heavy atom. The third-order valence-electron chi connectivity index (χ3n) is 6.11. The predicted octanol–water partition coefficient (Wildman–Crippen LogP) is 5.17. The summed E-state index contributed by atoms with van der Waals surface area (Å²) in [7, 11) is 0. The summed E-state index contributed by atoms with van der Waals surface area (Å²) in [4.78, 5) is 25.4. The van der Waals surface area contributed by atoms with Crippen LogP contribution in [-0.4, -0.2) is 18.3 Å². The summed E-state index contributed by atoms with van der Waals surface area (Å²) >= 11 is 0. The van der Waals surface area contributed by atoms with Gasteiger partial charge in [0.1, 0.15) is 23.2 Å². The molecule has 0 fully saturated rings. The van der Waals surface area contributed by atoms with E-state index in [2.05, 4.69) is 5.32 Å². The van der Waals surface area contributed by atoms with E-state index in [-0.39, 0.29) is 40.5 Å². The number of Topliss-reactive ketones (excluding diaryl/α,β-unsaturated/α-hetero) is 1. The maximum absolute atomic E-state index is 13.1. The zero-order valence-electron chi connectivity index (χ0n) is 20.1. The first-order chi connectivity index (χ1) is 17.4. The Kier molecular flexibility index (Phi) is 6.74. The molecule has 1 heterocycles. The number of carbonyl (C=O) groups excluding carboxylic acids is 2. The van der Waals surface area contributed by atoms with Crippen LogP contribution in [0.3, 0.4) is 0 Å². The standard InChI is InChI=1S/C27H24F3N3O4/c1-26(2)11-20(34)24-21(12-26)37-25(32)19(13-31)23(24)15-5-3-8-18(9-15)36-14-22(35)33-17-7-4-6-16(10-17)27(28,29)30/h3-10,23H,11-12,14,32H2,1-2H3,(H,33,35). The van der Waals surface area contributed by atoms with Gasteiger partial charge in [-0.15, -0.1) is 0 Å². The summed E-state index contributed by atoms with van der Waals surface area (Å²) in [5.41, 5.74) is 5.86. The molecule has 0 bridgehead atoms. The maximum atomic E-state index is 13.1. The van der Waals surface area contributed by atoms with E-state index in [1.807, 2.05) is 19.9 Å². The summed E-state index contributed by atoms with van der Waals surface area (Å²) < 4.78 is 50.0. The number of rotatable bonds is 5. The second kappa shape index (κ2) is 9.65. The lowest BCUT2D eigenvalue weighted by Gasteiger charge is -2.37. The highest BCUT2D eigenvalue weighted by atomic mass is 19.4. The summed E-state index contributed by atoms with van der Waals surface area (Å²) in [6, 6.07) is 12.9. The number of hydrogen-bond acceptors (Lipinski definition) is 6. The van der Waals surface area contributed by atoms with Crippen molar-refractivity contribution in [3.63, 3.8) is 0 Å². The average molecular weight is 512 g/mol. The zero-order chi connectivity index (χ0) is 27.0. The summed E-state index contributed by atoms with van der Waals surface area (Å²) in [5, 5.41) is 12.1. The molecule has 7 nitrogen and oxygen atoms in total. The number of ketones is 1. The first kappa shape index (κ1) is 25.8. The van der Waals surface area contributed by atoms with Crippen LogP contribution in [0.2, 0.25) is 0 Å². The number of halogens is 3. The fraction of sp³-hybridized carbons (Fsp3) is 0.296. The molecule has 1 atom stereocenters. The Morgan fingerprint density at radius 3 is 2.65 bits per heavy atom. The molecule has 0 saturated heterocycles. The van der Waals surface area contributed by atoms with Crippen molar-refractivity contribution in [2.24, 2.45) is 11.1 Å². The number of nitriles is 1. The topological polar surface area (TPSA) is 114 Å². The molecule has 3 N–H and O–H groups in total. The number of alkyl halides is 3. The van der Waals surface area contributed by atoms with Gasteiger partial charge in [0.15, 0.2) is 12.4 Å². The van der Waals surface area contributed by atoms with Gasteiger partial charge in [-0.05, 0) is 41.3 Å². The lowest BCUT2D eigenvalue weighted by Crippen LogP contribution is -2.33. The third kappa shape index (κ3) is 5.61. The highest BCUT2D eigenvalue weighted by Crippen LogP contribution is 2.48. The highest BCUT2D eigenvalue weighted by Gasteiger charge is 2.43. The molecular weight excluding hydrogens is 487 g/mol. The van der Waals surface area contributed by atoms with Crippen molar-refractivity contribution >= 4 is 17.4 Å². The van der Waals surface area contributed by atoms with Crippen LogP contribution in [0.1, 0.15) is 43.7 Å². The van der Waals surface area contributed by atoms with E-state index in [1.54, 1.807) is 24.3 Å². The fourth-order valence-corrected chi connectivity index (χ4v) is 4.52. The molecule has 1 amide bonds. The van der Waals surface area contributed by atoms with E-state index in [9.17, 15) is 28.0 Å². The number of benzene rings is 2. The van der Waals surface area contributed by atoms with E-state index in [1.165, 1.54) is 12.1 Å². The van der Waals surface area contributed by atoms with Gasteiger partial charge >= 0.3 is 6.18 Å². The smallest absolute Gasteiger partial charge is 0.416 e. The van der Waals surface area contributed by atoms with Gasteiger partial charge in [-0.3, -0.25) is 9.59 Å². The molecule has 0 saturated carbocycles.